The number of rotatable bonds is 16. The van der Waals surface area contributed by atoms with Crippen LogP contribution in [0.2, 0.25) is 5.02 Å². The van der Waals surface area contributed by atoms with E-state index in [4.69, 9.17) is 16.3 Å². The Kier molecular flexibility index (Phi) is 10.9. The number of hydrogen-bond donors (Lipinski definition) is 1. The number of carbonyl (C=O) groups is 3. The van der Waals surface area contributed by atoms with Gasteiger partial charge >= 0.3 is 5.97 Å². The second-order valence-electron chi connectivity index (χ2n) is 12.0. The number of thioether (sulfide) groups is 1. The molecule has 3 aliphatic heterocycles. The molecule has 3 saturated heterocycles. The van der Waals surface area contributed by atoms with Crippen molar-refractivity contribution >= 4 is 46.8 Å². The van der Waals surface area contributed by atoms with Gasteiger partial charge in [0.1, 0.15) is 6.04 Å². The van der Waals surface area contributed by atoms with Crippen LogP contribution in [0.1, 0.15) is 70.3 Å². The van der Waals surface area contributed by atoms with Gasteiger partial charge in [-0.25, -0.2) is 0 Å². The van der Waals surface area contributed by atoms with Crippen LogP contribution in [0.4, 0.5) is 5.69 Å². The van der Waals surface area contributed by atoms with E-state index in [0.717, 1.165) is 44.1 Å². The molecule has 0 radical (unpaired) electrons. The second-order valence-corrected chi connectivity index (χ2v) is 14.3. The van der Waals surface area contributed by atoms with Crippen LogP contribution < -0.4 is 4.90 Å². The van der Waals surface area contributed by atoms with E-state index in [1.807, 2.05) is 25.1 Å². The Balaban J connectivity index is 1.69. The molecule has 2 amide bonds. The number of carbonyl (C=O) groups excluding carboxylic acids is 3. The molecule has 3 fully saturated rings. The normalized spacial score (nSPS) is 27.7. The SMILES string of the molecule is C=CCCCCOC(=O)[C@@H]1[C@H]2C(=O)N(CCCCCCO)C(C(=O)N(CC=C)c3c(C)cccc3Cl)C23CC[C@@]1(C)S3. The summed E-state index contributed by atoms with van der Waals surface area (Å²) in [5, 5.41) is 9.67. The Hall–Kier alpha value is -2.29. The summed E-state index contributed by atoms with van der Waals surface area (Å²) in [7, 11) is 0. The van der Waals surface area contributed by atoms with Crippen molar-refractivity contribution < 1.29 is 24.2 Å². The summed E-state index contributed by atoms with van der Waals surface area (Å²) in [6.45, 7) is 12.7. The highest BCUT2D eigenvalue weighted by molar-refractivity contribution is 8.02. The summed E-state index contributed by atoms with van der Waals surface area (Å²) in [6, 6.07) is 4.81. The highest BCUT2D eigenvalue weighted by Crippen LogP contribution is 2.71. The van der Waals surface area contributed by atoms with Crippen LogP contribution >= 0.6 is 23.4 Å². The molecule has 1 aromatic rings. The molecular formula is C33H45ClN2O5S. The summed E-state index contributed by atoms with van der Waals surface area (Å²) in [5.74, 6) is -1.87. The fourth-order valence-electron chi connectivity index (χ4n) is 7.24. The van der Waals surface area contributed by atoms with Crippen LogP contribution in [0.25, 0.3) is 0 Å². The number of anilines is 1. The fourth-order valence-corrected chi connectivity index (χ4v) is 9.90. The van der Waals surface area contributed by atoms with Crippen molar-refractivity contribution in [3.63, 3.8) is 0 Å². The van der Waals surface area contributed by atoms with E-state index < -0.39 is 27.4 Å². The Morgan fingerprint density at radius 1 is 1.17 bits per heavy atom. The number of aliphatic hydroxyl groups is 1. The maximum absolute atomic E-state index is 14.8. The topological polar surface area (TPSA) is 87.1 Å². The van der Waals surface area contributed by atoms with Crippen LogP contribution in [0.3, 0.4) is 0 Å². The van der Waals surface area contributed by atoms with Gasteiger partial charge in [-0.1, -0.05) is 48.7 Å². The Morgan fingerprint density at radius 2 is 1.93 bits per heavy atom. The summed E-state index contributed by atoms with van der Waals surface area (Å²) >= 11 is 8.31. The second kappa shape index (κ2) is 14.0. The number of fused-ring (bicyclic) bond motifs is 1. The first-order valence-corrected chi connectivity index (χ1v) is 16.4. The lowest BCUT2D eigenvalue weighted by molar-refractivity contribution is -0.155. The highest BCUT2D eigenvalue weighted by Gasteiger charge is 2.77. The average molecular weight is 617 g/mol. The Bertz CT molecular complexity index is 1170. The molecule has 1 N–H and O–H groups in total. The average Bonchev–Trinajstić information content (AvgIpc) is 3.52. The number of benzene rings is 1. The third kappa shape index (κ3) is 6.04. The third-order valence-corrected chi connectivity index (χ3v) is 11.4. The zero-order valence-electron chi connectivity index (χ0n) is 25.0. The number of likely N-dealkylation sites (tertiary alicyclic amines) is 1. The number of unbranched alkanes of at least 4 members (excludes halogenated alkanes) is 5. The largest absolute Gasteiger partial charge is 0.465 e. The van der Waals surface area contributed by atoms with Crippen molar-refractivity contribution in [3.8, 4) is 0 Å². The molecule has 4 rings (SSSR count). The molecule has 5 atom stereocenters. The number of aryl methyl sites for hydroxylation is 1. The van der Waals surface area contributed by atoms with E-state index in [1.54, 1.807) is 33.7 Å². The van der Waals surface area contributed by atoms with Crippen molar-refractivity contribution in [3.05, 3.63) is 54.1 Å². The molecule has 3 aliphatic rings. The minimum Gasteiger partial charge on any atom is -0.465 e. The zero-order valence-corrected chi connectivity index (χ0v) is 26.6. The number of hydrogen-bond acceptors (Lipinski definition) is 6. The molecule has 42 heavy (non-hydrogen) atoms. The first kappa shape index (κ1) is 32.6. The fraction of sp³-hybridized carbons (Fsp3) is 0.606. The number of allylic oxidation sites excluding steroid dienone is 1. The Morgan fingerprint density at radius 3 is 2.62 bits per heavy atom. The van der Waals surface area contributed by atoms with E-state index in [0.29, 0.717) is 43.1 Å². The molecular weight excluding hydrogens is 572 g/mol. The van der Waals surface area contributed by atoms with E-state index in [2.05, 4.69) is 20.1 Å². The molecule has 1 aromatic carbocycles. The van der Waals surface area contributed by atoms with Crippen molar-refractivity contribution in [2.75, 3.05) is 31.2 Å². The van der Waals surface area contributed by atoms with E-state index in [9.17, 15) is 19.5 Å². The number of amides is 2. The molecule has 2 bridgehead atoms. The van der Waals surface area contributed by atoms with Gasteiger partial charge in [-0.15, -0.1) is 24.9 Å². The van der Waals surface area contributed by atoms with Crippen LogP contribution in [-0.2, 0) is 19.1 Å². The first-order valence-electron chi connectivity index (χ1n) is 15.2. The van der Waals surface area contributed by atoms with E-state index >= 15 is 0 Å². The van der Waals surface area contributed by atoms with E-state index in [-0.39, 0.29) is 30.9 Å². The molecule has 2 unspecified atom stereocenters. The predicted molar refractivity (Wildman–Crippen MR) is 170 cm³/mol. The summed E-state index contributed by atoms with van der Waals surface area (Å²) in [5.41, 5.74) is 1.48. The first-order chi connectivity index (χ1) is 20.2. The minimum atomic E-state index is -0.735. The lowest BCUT2D eigenvalue weighted by Gasteiger charge is -2.37. The van der Waals surface area contributed by atoms with Crippen LogP contribution in [0.5, 0.6) is 0 Å². The number of halogens is 1. The van der Waals surface area contributed by atoms with E-state index in [1.165, 1.54) is 0 Å². The van der Waals surface area contributed by atoms with Gasteiger partial charge in [0.15, 0.2) is 0 Å². The van der Waals surface area contributed by atoms with Gasteiger partial charge in [-0.05, 0) is 70.4 Å². The standard InChI is InChI=1S/C33H45ClN2O5S/c1-5-7-8-13-22-41-31(40)26-25-29(38)36(20-11-9-10-12-21-37)28(33(25)18-17-32(26,4)42-33)30(39)35(19-6-2)27-23(3)15-14-16-24(27)34/h5-6,14-16,25-26,28,37H,1-2,7-13,17-22H2,3-4H3/t25-,26-,28?,32+,33?/m0/s1. The van der Waals surface area contributed by atoms with Crippen LogP contribution in [-0.4, -0.2) is 69.6 Å². The van der Waals surface area contributed by atoms with Gasteiger partial charge < -0.3 is 19.6 Å². The number of aliphatic hydroxyl groups excluding tert-OH is 1. The molecule has 3 heterocycles. The van der Waals surface area contributed by atoms with Gasteiger partial charge in [-0.3, -0.25) is 14.4 Å². The van der Waals surface area contributed by atoms with Crippen LogP contribution in [0, 0.1) is 18.8 Å². The predicted octanol–water partition coefficient (Wildman–Crippen LogP) is 6.10. The summed E-state index contributed by atoms with van der Waals surface area (Å²) in [6.07, 6.45) is 10.5. The zero-order chi connectivity index (χ0) is 30.5. The van der Waals surface area contributed by atoms with Gasteiger partial charge in [0.2, 0.25) is 5.91 Å². The van der Waals surface area contributed by atoms with Gasteiger partial charge in [-0.2, -0.15) is 0 Å². The molecule has 0 saturated carbocycles. The highest BCUT2D eigenvalue weighted by atomic mass is 35.5. The molecule has 230 valence electrons. The number of esters is 1. The summed E-state index contributed by atoms with van der Waals surface area (Å²) in [4.78, 5) is 46.2. The van der Waals surface area contributed by atoms with Crippen molar-refractivity contribution in [1.82, 2.24) is 4.90 Å². The Labute approximate surface area is 259 Å². The van der Waals surface area contributed by atoms with Crippen molar-refractivity contribution in [2.45, 2.75) is 87.2 Å². The summed E-state index contributed by atoms with van der Waals surface area (Å²) < 4.78 is 4.57. The van der Waals surface area contributed by atoms with Crippen molar-refractivity contribution in [1.29, 1.82) is 0 Å². The van der Waals surface area contributed by atoms with Gasteiger partial charge in [0.25, 0.3) is 5.91 Å². The number of nitrogens with zero attached hydrogens (tertiary/aromatic N) is 2. The monoisotopic (exact) mass is 616 g/mol. The van der Waals surface area contributed by atoms with Crippen molar-refractivity contribution in [2.24, 2.45) is 11.8 Å². The molecule has 1 spiro atoms. The van der Waals surface area contributed by atoms with Gasteiger partial charge in [0, 0.05) is 24.4 Å². The minimum absolute atomic E-state index is 0.130. The molecule has 0 aromatic heterocycles. The lowest BCUT2D eigenvalue weighted by Crippen LogP contribution is -2.55. The van der Waals surface area contributed by atoms with Crippen LogP contribution in [0.15, 0.2) is 43.5 Å². The lowest BCUT2D eigenvalue weighted by atomic mass is 9.66. The molecule has 7 nitrogen and oxygen atoms in total. The smallest absolute Gasteiger partial charge is 0.311 e. The quantitative estimate of drug-likeness (QED) is 0.137. The maximum atomic E-state index is 14.8. The van der Waals surface area contributed by atoms with Gasteiger partial charge in [0.05, 0.1) is 33.9 Å². The number of para-hydroxylation sites is 1. The molecule has 9 heteroatoms. The third-order valence-electron chi connectivity index (χ3n) is 9.15. The molecule has 0 aliphatic carbocycles. The maximum Gasteiger partial charge on any atom is 0.311 e. The number of ether oxygens (including phenoxy) is 1.